The largest absolute Gasteiger partial charge is 0.492 e. The molecular formula is C31H35ClN4O5. The number of carboxylic acids is 1. The van der Waals surface area contributed by atoms with Crippen LogP contribution in [0, 0.1) is 6.92 Å². The van der Waals surface area contributed by atoms with E-state index in [0.717, 1.165) is 39.2 Å². The van der Waals surface area contributed by atoms with Crippen LogP contribution >= 0.6 is 12.4 Å². The molecule has 2 aromatic heterocycles. The average molecular weight is 579 g/mol. The van der Waals surface area contributed by atoms with Gasteiger partial charge in [0.25, 0.3) is 0 Å². The van der Waals surface area contributed by atoms with E-state index in [0.29, 0.717) is 25.3 Å². The molecule has 0 fully saturated rings. The molecule has 0 spiro atoms. The minimum absolute atomic E-state index is 0. The van der Waals surface area contributed by atoms with Crippen LogP contribution in [-0.4, -0.2) is 44.6 Å². The number of halogens is 1. The first-order valence-corrected chi connectivity index (χ1v) is 13.2. The van der Waals surface area contributed by atoms with Gasteiger partial charge in [-0.3, -0.25) is 14.5 Å². The van der Waals surface area contributed by atoms with Crippen LogP contribution in [0.4, 0.5) is 4.79 Å². The van der Waals surface area contributed by atoms with Crippen molar-refractivity contribution in [3.05, 3.63) is 89.9 Å². The Hall–Kier alpha value is -4.37. The molecule has 0 bridgehead atoms. The van der Waals surface area contributed by atoms with E-state index in [1.165, 1.54) is 0 Å². The van der Waals surface area contributed by atoms with Gasteiger partial charge in [0.05, 0.1) is 18.3 Å². The van der Waals surface area contributed by atoms with Crippen molar-refractivity contribution in [3.63, 3.8) is 0 Å². The van der Waals surface area contributed by atoms with Gasteiger partial charge >= 0.3 is 12.1 Å². The lowest BCUT2D eigenvalue weighted by atomic mass is 10.0. The van der Waals surface area contributed by atoms with Gasteiger partial charge in [0.15, 0.2) is 0 Å². The summed E-state index contributed by atoms with van der Waals surface area (Å²) in [6.07, 6.45) is 3.19. The summed E-state index contributed by atoms with van der Waals surface area (Å²) in [4.78, 5) is 27.2. The highest BCUT2D eigenvalue weighted by molar-refractivity contribution is 5.85. The predicted octanol–water partition coefficient (Wildman–Crippen LogP) is 6.07. The third-order valence-electron chi connectivity index (χ3n) is 6.28. The van der Waals surface area contributed by atoms with E-state index in [-0.39, 0.29) is 31.5 Å². The van der Waals surface area contributed by atoms with Gasteiger partial charge in [-0.15, -0.1) is 12.4 Å². The fraction of sp³-hybridized carbons (Fsp3) is 0.290. The van der Waals surface area contributed by atoms with Gasteiger partial charge in [-0.2, -0.15) is 5.10 Å². The summed E-state index contributed by atoms with van der Waals surface area (Å²) < 4.78 is 13.1. The first-order valence-electron chi connectivity index (χ1n) is 13.2. The molecule has 0 saturated carbocycles. The van der Waals surface area contributed by atoms with Gasteiger partial charge in [-0.25, -0.2) is 4.79 Å². The number of benzene rings is 2. The Balaban J connectivity index is 0.00000462. The maximum Gasteiger partial charge on any atom is 0.407 e. The standard InChI is InChI=1S/C31H34N4O5.ClH/c1-21(2)40-31(38)33-20-27-18-28(12-10-24(27)11-13-30(36)37)39-16-15-35-22(3)17-29(34-35)25-8-6-23(7-9-25)26-5-4-14-32-19-26;/h4-10,12,14,17-19,21H,11,13,15-16,20H2,1-3H3,(H,33,38)(H,36,37);1H. The third kappa shape index (κ3) is 9.08. The Morgan fingerprint density at radius 3 is 2.44 bits per heavy atom. The SMILES string of the molecule is Cc1cc(-c2ccc(-c3cccnc3)cc2)nn1CCOc1ccc(CCC(=O)O)c(CNC(=O)OC(C)C)c1.Cl. The van der Waals surface area contributed by atoms with E-state index >= 15 is 0 Å². The van der Waals surface area contributed by atoms with Crippen LogP contribution in [0.5, 0.6) is 5.75 Å². The average Bonchev–Trinajstić information content (AvgIpc) is 3.31. The summed E-state index contributed by atoms with van der Waals surface area (Å²) in [5, 5.41) is 16.6. The zero-order chi connectivity index (χ0) is 28.5. The first kappa shape index (κ1) is 31.2. The quantitative estimate of drug-likeness (QED) is 0.209. The smallest absolute Gasteiger partial charge is 0.407 e. The number of alkyl carbamates (subject to hydrolysis) is 1. The van der Waals surface area contributed by atoms with Crippen LogP contribution in [0.25, 0.3) is 22.4 Å². The van der Waals surface area contributed by atoms with E-state index in [4.69, 9.17) is 19.7 Å². The number of rotatable bonds is 12. The number of carboxylic acid groups (broad SMARTS) is 1. The zero-order valence-corrected chi connectivity index (χ0v) is 24.2. The Labute approximate surface area is 245 Å². The topological polar surface area (TPSA) is 116 Å². The maximum absolute atomic E-state index is 12.0. The van der Waals surface area contributed by atoms with Gasteiger partial charge in [-0.1, -0.05) is 36.4 Å². The van der Waals surface area contributed by atoms with Crippen LogP contribution in [-0.2, 0) is 29.0 Å². The van der Waals surface area contributed by atoms with Crippen molar-refractivity contribution in [3.8, 4) is 28.1 Å². The predicted molar refractivity (Wildman–Crippen MR) is 159 cm³/mol. The number of hydrogen-bond donors (Lipinski definition) is 2. The number of amides is 1. The van der Waals surface area contributed by atoms with Crippen molar-refractivity contribution in [2.45, 2.75) is 52.8 Å². The number of ether oxygens (including phenoxy) is 2. The van der Waals surface area contributed by atoms with Gasteiger partial charge in [-0.05, 0) is 73.7 Å². The molecule has 0 aliphatic rings. The summed E-state index contributed by atoms with van der Waals surface area (Å²) in [7, 11) is 0. The number of aromatic nitrogens is 3. The molecule has 1 amide bonds. The highest BCUT2D eigenvalue weighted by Gasteiger charge is 2.12. The molecule has 0 saturated heterocycles. The molecule has 216 valence electrons. The van der Waals surface area contributed by atoms with E-state index < -0.39 is 12.1 Å². The van der Waals surface area contributed by atoms with Crippen molar-refractivity contribution in [1.82, 2.24) is 20.1 Å². The first-order chi connectivity index (χ1) is 19.3. The lowest BCUT2D eigenvalue weighted by Crippen LogP contribution is -2.26. The normalized spacial score (nSPS) is 10.6. The number of carbonyl (C=O) groups is 2. The molecule has 10 heteroatoms. The number of pyridine rings is 1. The van der Waals surface area contributed by atoms with Crippen molar-refractivity contribution in [2.24, 2.45) is 0 Å². The number of aryl methyl sites for hydroxylation is 2. The highest BCUT2D eigenvalue weighted by atomic mass is 35.5. The Morgan fingerprint density at radius 2 is 1.76 bits per heavy atom. The van der Waals surface area contributed by atoms with Crippen molar-refractivity contribution >= 4 is 24.5 Å². The second kappa shape index (κ2) is 14.9. The van der Waals surface area contributed by atoms with Crippen molar-refractivity contribution in [2.75, 3.05) is 6.61 Å². The second-order valence-electron chi connectivity index (χ2n) is 9.69. The molecule has 0 aliphatic carbocycles. The summed E-state index contributed by atoms with van der Waals surface area (Å²) >= 11 is 0. The molecule has 2 heterocycles. The maximum atomic E-state index is 12.0. The minimum Gasteiger partial charge on any atom is -0.492 e. The molecular weight excluding hydrogens is 544 g/mol. The van der Waals surface area contributed by atoms with Crippen LogP contribution in [0.1, 0.15) is 37.1 Å². The van der Waals surface area contributed by atoms with Gasteiger partial charge < -0.3 is 19.9 Å². The van der Waals surface area contributed by atoms with Gasteiger partial charge in [0.1, 0.15) is 12.4 Å². The van der Waals surface area contributed by atoms with E-state index in [1.807, 2.05) is 48.1 Å². The van der Waals surface area contributed by atoms with Crippen LogP contribution in [0.3, 0.4) is 0 Å². The Morgan fingerprint density at radius 1 is 1.00 bits per heavy atom. The third-order valence-corrected chi connectivity index (χ3v) is 6.28. The monoisotopic (exact) mass is 578 g/mol. The molecule has 4 rings (SSSR count). The van der Waals surface area contributed by atoms with E-state index in [1.54, 1.807) is 20.0 Å². The fourth-order valence-corrected chi connectivity index (χ4v) is 4.26. The van der Waals surface area contributed by atoms with Crippen molar-refractivity contribution in [1.29, 1.82) is 0 Å². The molecule has 9 nitrogen and oxygen atoms in total. The van der Waals surface area contributed by atoms with E-state index in [2.05, 4.69) is 40.6 Å². The number of nitrogens with zero attached hydrogens (tertiary/aromatic N) is 3. The summed E-state index contributed by atoms with van der Waals surface area (Å²) in [6, 6.07) is 19.8. The minimum atomic E-state index is -0.878. The number of nitrogens with one attached hydrogen (secondary N) is 1. The second-order valence-corrected chi connectivity index (χ2v) is 9.69. The van der Waals surface area contributed by atoms with Crippen LogP contribution < -0.4 is 10.1 Å². The molecule has 0 radical (unpaired) electrons. The molecule has 2 N–H and O–H groups in total. The van der Waals surface area contributed by atoms with Crippen molar-refractivity contribution < 1.29 is 24.2 Å². The fourth-order valence-electron chi connectivity index (χ4n) is 4.26. The Bertz CT molecular complexity index is 1440. The summed E-state index contributed by atoms with van der Waals surface area (Å²) in [5.74, 6) is -0.249. The van der Waals surface area contributed by atoms with E-state index in [9.17, 15) is 9.59 Å². The molecule has 0 atom stereocenters. The molecule has 0 aliphatic heterocycles. The zero-order valence-electron chi connectivity index (χ0n) is 23.4. The molecule has 0 unspecified atom stereocenters. The number of hydrogen-bond acceptors (Lipinski definition) is 6. The van der Waals surface area contributed by atoms with Crippen LogP contribution in [0.2, 0.25) is 0 Å². The number of carbonyl (C=O) groups excluding carboxylic acids is 1. The van der Waals surface area contributed by atoms with Crippen LogP contribution in [0.15, 0.2) is 73.1 Å². The number of aliphatic carboxylic acids is 1. The Kier molecular flexibility index (Phi) is 11.3. The lowest BCUT2D eigenvalue weighted by molar-refractivity contribution is -0.136. The van der Waals surface area contributed by atoms with Gasteiger partial charge in [0, 0.05) is 36.6 Å². The highest BCUT2D eigenvalue weighted by Crippen LogP contribution is 2.25. The lowest BCUT2D eigenvalue weighted by Gasteiger charge is -2.14. The molecule has 2 aromatic carbocycles. The molecule has 41 heavy (non-hydrogen) atoms. The summed E-state index contributed by atoms with van der Waals surface area (Å²) in [5.41, 5.74) is 6.72. The molecule has 4 aromatic rings. The summed E-state index contributed by atoms with van der Waals surface area (Å²) in [6.45, 7) is 6.70. The van der Waals surface area contributed by atoms with Gasteiger partial charge in [0.2, 0.25) is 0 Å².